The molecular weight excluding hydrogens is 342 g/mol. The molecule has 3 rings (SSSR count). The first-order chi connectivity index (χ1) is 13.1. The third kappa shape index (κ3) is 4.38. The zero-order valence-electron chi connectivity index (χ0n) is 14.9. The lowest BCUT2D eigenvalue weighted by Gasteiger charge is -2.11. The van der Waals surface area contributed by atoms with Crippen LogP contribution in [-0.4, -0.2) is 23.0 Å². The van der Waals surface area contributed by atoms with Crippen molar-refractivity contribution in [1.29, 1.82) is 5.26 Å². The number of nitrogens with zero attached hydrogens (tertiary/aromatic N) is 3. The van der Waals surface area contributed by atoms with Crippen LogP contribution in [0, 0.1) is 18.3 Å². The van der Waals surface area contributed by atoms with E-state index in [1.165, 1.54) is 7.11 Å². The highest BCUT2D eigenvalue weighted by Gasteiger charge is 2.13. The molecule has 1 heterocycles. The van der Waals surface area contributed by atoms with Crippen molar-refractivity contribution in [3.63, 3.8) is 0 Å². The van der Waals surface area contributed by atoms with Gasteiger partial charge in [0.2, 0.25) is 5.95 Å². The van der Waals surface area contributed by atoms with Crippen molar-refractivity contribution in [3.8, 4) is 11.8 Å². The number of hydrogen-bond acceptors (Lipinski definition) is 6. The molecule has 1 amide bonds. The summed E-state index contributed by atoms with van der Waals surface area (Å²) in [6.07, 6.45) is 0. The van der Waals surface area contributed by atoms with E-state index in [1.807, 2.05) is 6.07 Å². The van der Waals surface area contributed by atoms with Crippen molar-refractivity contribution in [2.75, 3.05) is 17.7 Å². The number of hydrogen-bond donors (Lipinski definition) is 2. The number of carbonyl (C=O) groups is 1. The van der Waals surface area contributed by atoms with Crippen LogP contribution < -0.4 is 15.4 Å². The lowest BCUT2D eigenvalue weighted by atomic mass is 10.2. The van der Waals surface area contributed by atoms with Crippen LogP contribution in [0.3, 0.4) is 0 Å². The average molecular weight is 359 g/mol. The van der Waals surface area contributed by atoms with Gasteiger partial charge in [-0.25, -0.2) is 9.97 Å². The molecule has 27 heavy (non-hydrogen) atoms. The minimum atomic E-state index is -0.376. The number of ether oxygens (including phenoxy) is 1. The van der Waals surface area contributed by atoms with E-state index in [9.17, 15) is 4.79 Å². The minimum Gasteiger partial charge on any atom is -0.495 e. The zero-order chi connectivity index (χ0) is 19.2. The fourth-order valence-corrected chi connectivity index (χ4v) is 2.47. The molecule has 0 aliphatic heterocycles. The Balaban J connectivity index is 1.84. The molecule has 0 unspecified atom stereocenters. The number of rotatable bonds is 5. The quantitative estimate of drug-likeness (QED) is 0.721. The number of carbonyl (C=O) groups excluding carboxylic acids is 1. The molecular formula is C20H17N5O2. The minimum absolute atomic E-state index is 0.215. The summed E-state index contributed by atoms with van der Waals surface area (Å²) in [6.45, 7) is 1.78. The van der Waals surface area contributed by atoms with Crippen molar-refractivity contribution in [3.05, 3.63) is 71.5 Å². The predicted octanol–water partition coefficient (Wildman–Crippen LogP) is 3.66. The monoisotopic (exact) mass is 359 g/mol. The van der Waals surface area contributed by atoms with Crippen molar-refractivity contribution in [2.45, 2.75) is 6.92 Å². The Labute approximate surface area is 156 Å². The molecule has 3 aromatic rings. The second kappa shape index (κ2) is 7.97. The molecule has 0 aliphatic carbocycles. The fraction of sp³-hybridized carbons (Fsp3) is 0.100. The summed E-state index contributed by atoms with van der Waals surface area (Å²) in [5.41, 5.74) is 2.58. The largest absolute Gasteiger partial charge is 0.495 e. The summed E-state index contributed by atoms with van der Waals surface area (Å²) in [6, 6.07) is 17.7. The van der Waals surface area contributed by atoms with Gasteiger partial charge < -0.3 is 15.4 Å². The molecule has 134 valence electrons. The van der Waals surface area contributed by atoms with Crippen LogP contribution in [0.2, 0.25) is 0 Å². The molecule has 0 bridgehead atoms. The fourth-order valence-electron chi connectivity index (χ4n) is 2.47. The molecule has 0 saturated heterocycles. The van der Waals surface area contributed by atoms with Gasteiger partial charge in [-0.3, -0.25) is 4.79 Å². The van der Waals surface area contributed by atoms with Gasteiger partial charge in [-0.1, -0.05) is 18.2 Å². The van der Waals surface area contributed by atoms with E-state index in [4.69, 9.17) is 10.00 Å². The number of nitriles is 1. The summed E-state index contributed by atoms with van der Waals surface area (Å²) < 4.78 is 5.24. The van der Waals surface area contributed by atoms with Gasteiger partial charge in [-0.05, 0) is 43.3 Å². The summed E-state index contributed by atoms with van der Waals surface area (Å²) >= 11 is 0. The Kier molecular flexibility index (Phi) is 5.28. The SMILES string of the molecule is COc1ccccc1NC(=O)c1cc(C)nc(Nc2cccc(C#N)c2)n1. The topological polar surface area (TPSA) is 99.9 Å². The van der Waals surface area contributed by atoms with E-state index in [2.05, 4.69) is 26.7 Å². The number of methoxy groups -OCH3 is 1. The first-order valence-electron chi connectivity index (χ1n) is 8.16. The van der Waals surface area contributed by atoms with Crippen LogP contribution in [0.1, 0.15) is 21.7 Å². The molecule has 0 radical (unpaired) electrons. The highest BCUT2D eigenvalue weighted by atomic mass is 16.5. The van der Waals surface area contributed by atoms with Gasteiger partial charge in [0.15, 0.2) is 0 Å². The van der Waals surface area contributed by atoms with Gasteiger partial charge in [0.25, 0.3) is 5.91 Å². The molecule has 2 N–H and O–H groups in total. The van der Waals surface area contributed by atoms with Crippen LogP contribution in [-0.2, 0) is 0 Å². The van der Waals surface area contributed by atoms with E-state index < -0.39 is 0 Å². The molecule has 2 aromatic carbocycles. The zero-order valence-corrected chi connectivity index (χ0v) is 14.9. The molecule has 7 nitrogen and oxygen atoms in total. The van der Waals surface area contributed by atoms with E-state index in [0.717, 1.165) is 0 Å². The maximum absolute atomic E-state index is 12.6. The van der Waals surface area contributed by atoms with Gasteiger partial charge in [-0.15, -0.1) is 0 Å². The van der Waals surface area contributed by atoms with Gasteiger partial charge in [0.1, 0.15) is 11.4 Å². The standard InChI is InChI=1S/C20H17N5O2/c1-13-10-17(19(26)24-16-8-3-4-9-18(16)27-2)25-20(22-13)23-15-7-5-6-14(11-15)12-21/h3-11H,1-2H3,(H,24,26)(H,22,23,25). The Morgan fingerprint density at radius 2 is 1.93 bits per heavy atom. The number of anilines is 3. The summed E-state index contributed by atoms with van der Waals surface area (Å²) in [7, 11) is 1.54. The van der Waals surface area contributed by atoms with Gasteiger partial charge in [-0.2, -0.15) is 5.26 Å². The summed E-state index contributed by atoms with van der Waals surface area (Å²) in [5.74, 6) is 0.456. The molecule has 0 fully saturated rings. The summed E-state index contributed by atoms with van der Waals surface area (Å²) in [4.78, 5) is 21.2. The van der Waals surface area contributed by atoms with E-state index in [1.54, 1.807) is 55.5 Å². The van der Waals surface area contributed by atoms with Gasteiger partial charge >= 0.3 is 0 Å². The number of benzene rings is 2. The highest BCUT2D eigenvalue weighted by molar-refractivity contribution is 6.03. The third-order valence-electron chi connectivity index (χ3n) is 3.69. The van der Waals surface area contributed by atoms with Crippen LogP contribution in [0.5, 0.6) is 5.75 Å². The second-order valence-corrected chi connectivity index (χ2v) is 5.69. The molecule has 0 spiro atoms. The normalized spacial score (nSPS) is 9.96. The Morgan fingerprint density at radius 3 is 2.70 bits per heavy atom. The number of amides is 1. The lowest BCUT2D eigenvalue weighted by molar-refractivity contribution is 0.102. The predicted molar refractivity (Wildman–Crippen MR) is 102 cm³/mol. The summed E-state index contributed by atoms with van der Waals surface area (Å²) in [5, 5.41) is 14.8. The van der Waals surface area contributed by atoms with Gasteiger partial charge in [0.05, 0.1) is 24.4 Å². The molecule has 0 saturated carbocycles. The Hall–Kier alpha value is -3.92. The number of nitrogens with one attached hydrogen (secondary N) is 2. The molecule has 7 heteroatoms. The average Bonchev–Trinajstić information content (AvgIpc) is 2.68. The smallest absolute Gasteiger partial charge is 0.274 e. The first-order valence-corrected chi connectivity index (χ1v) is 8.16. The van der Waals surface area contributed by atoms with Crippen LogP contribution in [0.4, 0.5) is 17.3 Å². The number of aromatic nitrogens is 2. The van der Waals surface area contributed by atoms with E-state index >= 15 is 0 Å². The van der Waals surface area contributed by atoms with Crippen molar-refractivity contribution in [1.82, 2.24) is 9.97 Å². The van der Waals surface area contributed by atoms with Crippen LogP contribution in [0.15, 0.2) is 54.6 Å². The van der Waals surface area contributed by atoms with E-state index in [0.29, 0.717) is 28.4 Å². The maximum atomic E-state index is 12.6. The number of para-hydroxylation sites is 2. The molecule has 0 atom stereocenters. The van der Waals surface area contributed by atoms with Gasteiger partial charge in [0, 0.05) is 11.4 Å². The highest BCUT2D eigenvalue weighted by Crippen LogP contribution is 2.24. The molecule has 0 aliphatic rings. The van der Waals surface area contributed by atoms with Crippen molar-refractivity contribution in [2.24, 2.45) is 0 Å². The van der Waals surface area contributed by atoms with Crippen LogP contribution in [0.25, 0.3) is 0 Å². The maximum Gasteiger partial charge on any atom is 0.274 e. The Morgan fingerprint density at radius 1 is 1.11 bits per heavy atom. The van der Waals surface area contributed by atoms with Crippen molar-refractivity contribution >= 4 is 23.2 Å². The third-order valence-corrected chi connectivity index (χ3v) is 3.69. The first kappa shape index (κ1) is 17.9. The Bertz CT molecular complexity index is 1030. The van der Waals surface area contributed by atoms with Crippen LogP contribution >= 0.6 is 0 Å². The van der Waals surface area contributed by atoms with E-state index in [-0.39, 0.29) is 17.5 Å². The number of aryl methyl sites for hydroxylation is 1. The van der Waals surface area contributed by atoms with Crippen molar-refractivity contribution < 1.29 is 9.53 Å². The second-order valence-electron chi connectivity index (χ2n) is 5.69. The lowest BCUT2D eigenvalue weighted by Crippen LogP contribution is -2.16. The molecule has 1 aromatic heterocycles.